The summed E-state index contributed by atoms with van der Waals surface area (Å²) in [6.07, 6.45) is 64.4. The Morgan fingerprint density at radius 2 is 0.790 bits per heavy atom. The maximum Gasteiger partial charge on any atom is 0.335 e. The van der Waals surface area contributed by atoms with Crippen molar-refractivity contribution in [3.8, 4) is 0 Å². The van der Waals surface area contributed by atoms with Crippen molar-refractivity contribution in [3.05, 3.63) is 122 Å². The molecule has 1 heterocycles. The van der Waals surface area contributed by atoms with Crippen molar-refractivity contribution in [1.29, 1.82) is 0 Å². The SMILES string of the molecule is CC/C=C\C/C=C\C/C=C\C/C=C\C/C=C\CCCC(=O)OC1C(OCC(COC(=O)CCCCCCCC/C=C\C/C=C\C/C=C\CCCCC)OC(=O)CCCCCCC/C=C\C/C=C\CCCCC)OC(C(=O)O)C(O)C1O. The average molecular weight is 1130 g/mol. The monoisotopic (exact) mass is 1130 g/mol. The fraction of sp³-hybridized carbons (Fsp3) is 0.652. The maximum absolute atomic E-state index is 13.2. The van der Waals surface area contributed by atoms with Crippen LogP contribution < -0.4 is 0 Å². The van der Waals surface area contributed by atoms with E-state index in [1.165, 1.54) is 44.9 Å². The van der Waals surface area contributed by atoms with E-state index >= 15 is 0 Å². The highest BCUT2D eigenvalue weighted by atomic mass is 16.7. The lowest BCUT2D eigenvalue weighted by molar-refractivity contribution is -0.301. The zero-order valence-corrected chi connectivity index (χ0v) is 50.5. The maximum atomic E-state index is 13.2. The van der Waals surface area contributed by atoms with Gasteiger partial charge in [-0.05, 0) is 128 Å². The van der Waals surface area contributed by atoms with Crippen molar-refractivity contribution in [1.82, 2.24) is 0 Å². The van der Waals surface area contributed by atoms with Gasteiger partial charge in [0.15, 0.2) is 24.6 Å². The van der Waals surface area contributed by atoms with Gasteiger partial charge in [-0.15, -0.1) is 0 Å². The zero-order chi connectivity index (χ0) is 58.9. The van der Waals surface area contributed by atoms with Crippen LogP contribution >= 0.6 is 0 Å². The molecule has 0 radical (unpaired) electrons. The van der Waals surface area contributed by atoms with Gasteiger partial charge in [0.05, 0.1) is 6.61 Å². The van der Waals surface area contributed by atoms with Gasteiger partial charge in [-0.25, -0.2) is 4.79 Å². The highest BCUT2D eigenvalue weighted by Crippen LogP contribution is 2.26. The molecule has 3 N–H and O–H groups in total. The third-order valence-corrected chi connectivity index (χ3v) is 13.5. The number of hydrogen-bond acceptors (Lipinski definition) is 11. The Morgan fingerprint density at radius 3 is 1.22 bits per heavy atom. The Kier molecular flexibility index (Phi) is 50.9. The van der Waals surface area contributed by atoms with Crippen molar-refractivity contribution >= 4 is 23.9 Å². The first-order chi connectivity index (χ1) is 39.6. The van der Waals surface area contributed by atoms with E-state index in [1.807, 2.05) is 12.2 Å². The summed E-state index contributed by atoms with van der Waals surface area (Å²) in [6, 6.07) is 0. The van der Waals surface area contributed by atoms with E-state index in [0.717, 1.165) is 128 Å². The summed E-state index contributed by atoms with van der Waals surface area (Å²) in [7, 11) is 0. The minimum Gasteiger partial charge on any atom is -0.479 e. The molecule has 1 fully saturated rings. The van der Waals surface area contributed by atoms with Crippen molar-refractivity contribution in [2.45, 2.75) is 276 Å². The van der Waals surface area contributed by atoms with Crippen molar-refractivity contribution in [2.24, 2.45) is 0 Å². The molecule has 1 rings (SSSR count). The van der Waals surface area contributed by atoms with Gasteiger partial charge in [-0.3, -0.25) is 14.4 Å². The fourth-order valence-electron chi connectivity index (χ4n) is 8.67. The van der Waals surface area contributed by atoms with Gasteiger partial charge in [-0.1, -0.05) is 213 Å². The van der Waals surface area contributed by atoms with Crippen molar-refractivity contribution in [3.63, 3.8) is 0 Å². The van der Waals surface area contributed by atoms with E-state index in [4.69, 9.17) is 23.7 Å². The number of carbonyl (C=O) groups is 4. The lowest BCUT2D eigenvalue weighted by Gasteiger charge is -2.40. The molecule has 0 saturated carbocycles. The number of hydrogen-bond donors (Lipinski definition) is 3. The van der Waals surface area contributed by atoms with E-state index in [9.17, 15) is 34.5 Å². The Labute approximate surface area is 490 Å². The summed E-state index contributed by atoms with van der Waals surface area (Å²) < 4.78 is 28.4. The Bertz CT molecular complexity index is 1870. The number of carboxylic acids is 1. The quantitative estimate of drug-likeness (QED) is 0.0228. The van der Waals surface area contributed by atoms with Gasteiger partial charge >= 0.3 is 23.9 Å². The highest BCUT2D eigenvalue weighted by Gasteiger charge is 2.50. The van der Waals surface area contributed by atoms with E-state index in [1.54, 1.807) is 0 Å². The first-order valence-electron chi connectivity index (χ1n) is 31.5. The molecule has 12 nitrogen and oxygen atoms in total. The number of carbonyl (C=O) groups excluding carboxylic acids is 3. The summed E-state index contributed by atoms with van der Waals surface area (Å²) in [5.41, 5.74) is 0. The fourth-order valence-corrected chi connectivity index (χ4v) is 8.67. The second-order valence-electron chi connectivity index (χ2n) is 20.9. The van der Waals surface area contributed by atoms with Crippen LogP contribution in [0.5, 0.6) is 0 Å². The molecule has 0 bridgehead atoms. The molecular formula is C69H110O12. The third kappa shape index (κ3) is 45.3. The van der Waals surface area contributed by atoms with Crippen LogP contribution in [0.4, 0.5) is 0 Å². The molecule has 1 saturated heterocycles. The van der Waals surface area contributed by atoms with E-state index < -0.39 is 67.3 Å². The van der Waals surface area contributed by atoms with Crippen LogP contribution in [-0.4, -0.2) is 89.2 Å². The normalized spacial score (nSPS) is 18.6. The summed E-state index contributed by atoms with van der Waals surface area (Å²) in [4.78, 5) is 51.3. The number of unbranched alkanes of at least 4 members (excludes halogenated alkanes) is 18. The number of aliphatic hydroxyl groups excluding tert-OH is 2. The number of carboxylic acid groups (broad SMARTS) is 1. The van der Waals surface area contributed by atoms with Gasteiger partial charge in [0.1, 0.15) is 18.8 Å². The summed E-state index contributed by atoms with van der Waals surface area (Å²) >= 11 is 0. The average Bonchev–Trinajstić information content (AvgIpc) is 3.53. The molecule has 12 heteroatoms. The van der Waals surface area contributed by atoms with Crippen LogP contribution in [0.2, 0.25) is 0 Å². The van der Waals surface area contributed by atoms with Crippen LogP contribution in [0.15, 0.2) is 122 Å². The van der Waals surface area contributed by atoms with E-state index in [2.05, 4.69) is 130 Å². The van der Waals surface area contributed by atoms with Crippen LogP contribution in [0.1, 0.15) is 239 Å². The lowest BCUT2D eigenvalue weighted by Crippen LogP contribution is -2.61. The van der Waals surface area contributed by atoms with Gasteiger partial charge in [-0.2, -0.15) is 0 Å². The number of ether oxygens (including phenoxy) is 5. The molecule has 0 aromatic rings. The third-order valence-electron chi connectivity index (χ3n) is 13.5. The number of aliphatic hydroxyl groups is 2. The first-order valence-corrected chi connectivity index (χ1v) is 31.5. The molecule has 0 amide bonds. The second-order valence-corrected chi connectivity index (χ2v) is 20.9. The first kappa shape index (κ1) is 74.1. The van der Waals surface area contributed by atoms with Crippen LogP contribution in [0.25, 0.3) is 0 Å². The largest absolute Gasteiger partial charge is 0.479 e. The molecule has 0 spiro atoms. The number of esters is 3. The minimum atomic E-state index is -1.93. The van der Waals surface area contributed by atoms with Gasteiger partial charge in [0, 0.05) is 19.3 Å². The lowest BCUT2D eigenvalue weighted by atomic mass is 9.98. The van der Waals surface area contributed by atoms with Gasteiger partial charge in [0.25, 0.3) is 0 Å². The van der Waals surface area contributed by atoms with E-state index in [-0.39, 0.29) is 25.9 Å². The molecule has 6 atom stereocenters. The van der Waals surface area contributed by atoms with Crippen LogP contribution in [0, 0.1) is 0 Å². The predicted octanol–water partition coefficient (Wildman–Crippen LogP) is 16.8. The second kappa shape index (κ2) is 55.6. The molecule has 1 aliphatic rings. The van der Waals surface area contributed by atoms with Crippen molar-refractivity contribution < 1.29 is 58.2 Å². The van der Waals surface area contributed by atoms with Gasteiger partial charge < -0.3 is 39.0 Å². The molecule has 0 aromatic heterocycles. The Hall–Kier alpha value is -4.88. The molecule has 6 unspecified atom stereocenters. The van der Waals surface area contributed by atoms with Crippen LogP contribution in [0.3, 0.4) is 0 Å². The number of aliphatic carboxylic acids is 1. The number of allylic oxidation sites excluding steroid dienone is 20. The summed E-state index contributed by atoms with van der Waals surface area (Å²) in [6.45, 7) is 5.78. The standard InChI is InChI=1S/C69H110O12/c1-4-7-10-13-16-19-22-25-28-30-31-33-35-37-40-43-46-49-52-55-61(70)77-58-60(79-62(71)56-53-50-47-44-41-38-34-27-24-21-18-15-12-9-6-3)59-78-69-67(65(74)64(73)66(81-69)68(75)76)80-63(72)57-54-51-48-45-42-39-36-32-29-26-23-20-17-14-11-8-5-2/h8,11,16-21,25-29,31,33-34,36,39,45,48,60,64-67,69,73-74H,4-7,9-10,12-15,22-24,30,32,35,37-38,40-44,46-47,49-59H2,1-3H3,(H,75,76)/b11-8-,19-16-,20-17-,21-18-,28-25-,29-26-,33-31-,34-27-,39-36-,48-45-. The molecule has 1 aliphatic heterocycles. The van der Waals surface area contributed by atoms with E-state index in [0.29, 0.717) is 25.7 Å². The molecular weight excluding hydrogens is 1020 g/mol. The zero-order valence-electron chi connectivity index (χ0n) is 50.5. The summed E-state index contributed by atoms with van der Waals surface area (Å²) in [5, 5.41) is 31.5. The molecule has 81 heavy (non-hydrogen) atoms. The minimum absolute atomic E-state index is 0.0269. The number of rotatable bonds is 52. The molecule has 0 aromatic carbocycles. The Balaban J connectivity index is 2.73. The smallest absolute Gasteiger partial charge is 0.335 e. The topological polar surface area (TPSA) is 175 Å². The molecule has 0 aliphatic carbocycles. The predicted molar refractivity (Wildman–Crippen MR) is 330 cm³/mol. The highest BCUT2D eigenvalue weighted by molar-refractivity contribution is 5.74. The molecule has 458 valence electrons. The summed E-state index contributed by atoms with van der Waals surface area (Å²) in [5.74, 6) is -3.24. The van der Waals surface area contributed by atoms with Crippen molar-refractivity contribution in [2.75, 3.05) is 13.2 Å². The van der Waals surface area contributed by atoms with Gasteiger partial charge in [0.2, 0.25) is 0 Å². The Morgan fingerprint density at radius 1 is 0.420 bits per heavy atom. The van der Waals surface area contributed by atoms with Crippen LogP contribution in [-0.2, 0) is 42.9 Å².